The van der Waals surface area contributed by atoms with Gasteiger partial charge in [-0.1, -0.05) is 30.4 Å². The number of nitrogens with zero attached hydrogens (tertiary/aromatic N) is 1. The molecule has 3 heterocycles. The fourth-order valence-electron chi connectivity index (χ4n) is 3.61. The number of rotatable bonds is 4. The minimum Gasteiger partial charge on any atom is -0.369 e. The normalized spacial score (nSPS) is 29.0. The van der Waals surface area contributed by atoms with Crippen LogP contribution in [0.4, 0.5) is 5.69 Å². The van der Waals surface area contributed by atoms with E-state index >= 15 is 0 Å². The highest BCUT2D eigenvalue weighted by Gasteiger charge is 2.40. The van der Waals surface area contributed by atoms with Crippen molar-refractivity contribution in [1.82, 2.24) is 5.32 Å². The molecular formula is C17H20N2O2. The lowest BCUT2D eigenvalue weighted by Gasteiger charge is -2.21. The Labute approximate surface area is 124 Å². The molecule has 3 aliphatic rings. The van der Waals surface area contributed by atoms with Crippen LogP contribution in [0.25, 0.3) is 0 Å². The largest absolute Gasteiger partial charge is 0.369 e. The first-order chi connectivity index (χ1) is 10.3. The summed E-state index contributed by atoms with van der Waals surface area (Å²) in [7, 11) is 0. The molecule has 0 spiro atoms. The lowest BCUT2D eigenvalue weighted by molar-refractivity contribution is -0.125. The molecule has 3 atom stereocenters. The third-order valence-corrected chi connectivity index (χ3v) is 4.73. The van der Waals surface area contributed by atoms with Crippen molar-refractivity contribution in [2.45, 2.75) is 25.0 Å². The summed E-state index contributed by atoms with van der Waals surface area (Å²) >= 11 is 0. The molecule has 4 nitrogen and oxygen atoms in total. The predicted octanol–water partition coefficient (Wildman–Crippen LogP) is 1.51. The minimum absolute atomic E-state index is 0.00233. The Hall–Kier alpha value is -1.81. The van der Waals surface area contributed by atoms with Crippen LogP contribution in [0.15, 0.2) is 36.4 Å². The average molecular weight is 284 g/mol. The number of nitrogens with one attached hydrogen (secondary N) is 1. The van der Waals surface area contributed by atoms with Gasteiger partial charge in [0.2, 0.25) is 5.91 Å². The highest BCUT2D eigenvalue weighted by atomic mass is 16.5. The monoisotopic (exact) mass is 284 g/mol. The summed E-state index contributed by atoms with van der Waals surface area (Å²) in [4.78, 5) is 14.6. The van der Waals surface area contributed by atoms with E-state index in [0.717, 1.165) is 25.9 Å². The molecule has 1 saturated heterocycles. The molecule has 1 amide bonds. The van der Waals surface area contributed by atoms with Crippen molar-refractivity contribution >= 4 is 11.6 Å². The zero-order valence-electron chi connectivity index (χ0n) is 12.0. The molecule has 1 fully saturated rings. The number of carbonyl (C=O) groups is 1. The Balaban J connectivity index is 1.29. The van der Waals surface area contributed by atoms with E-state index in [2.05, 4.69) is 40.6 Å². The third kappa shape index (κ3) is 2.33. The molecule has 4 rings (SSSR count). The summed E-state index contributed by atoms with van der Waals surface area (Å²) in [5.41, 5.74) is 2.73. The molecule has 1 aromatic rings. The predicted molar refractivity (Wildman–Crippen MR) is 81.3 cm³/mol. The number of anilines is 1. The Morgan fingerprint density at radius 2 is 2.24 bits per heavy atom. The second-order valence-electron chi connectivity index (χ2n) is 6.02. The highest BCUT2D eigenvalue weighted by molar-refractivity contribution is 5.80. The second kappa shape index (κ2) is 5.19. The Kier molecular flexibility index (Phi) is 3.19. The molecule has 0 aliphatic carbocycles. The SMILES string of the molecule is O=C(NCCN1CCc2ccccc21)[C@H]1C[C@H]2C=C[C@H]1O2. The van der Waals surface area contributed by atoms with Crippen LogP contribution in [0.1, 0.15) is 12.0 Å². The van der Waals surface area contributed by atoms with E-state index in [1.807, 2.05) is 6.08 Å². The summed E-state index contributed by atoms with van der Waals surface area (Å²) in [6.45, 7) is 2.63. The number of amides is 1. The van der Waals surface area contributed by atoms with Gasteiger partial charge in [-0.05, 0) is 24.5 Å². The van der Waals surface area contributed by atoms with Gasteiger partial charge in [-0.2, -0.15) is 0 Å². The number of benzene rings is 1. The van der Waals surface area contributed by atoms with E-state index in [4.69, 9.17) is 4.74 Å². The lowest BCUT2D eigenvalue weighted by atomic mass is 9.93. The van der Waals surface area contributed by atoms with Crippen LogP contribution in [-0.2, 0) is 16.0 Å². The van der Waals surface area contributed by atoms with Gasteiger partial charge in [0.25, 0.3) is 0 Å². The van der Waals surface area contributed by atoms with Crippen LogP contribution in [0.3, 0.4) is 0 Å². The van der Waals surface area contributed by atoms with Crippen molar-refractivity contribution in [2.24, 2.45) is 5.92 Å². The molecular weight excluding hydrogens is 264 g/mol. The molecule has 0 saturated carbocycles. The Morgan fingerprint density at radius 1 is 1.33 bits per heavy atom. The molecule has 2 bridgehead atoms. The van der Waals surface area contributed by atoms with Crippen molar-refractivity contribution in [3.63, 3.8) is 0 Å². The van der Waals surface area contributed by atoms with E-state index in [1.54, 1.807) is 0 Å². The number of ether oxygens (including phenoxy) is 1. The van der Waals surface area contributed by atoms with E-state index in [9.17, 15) is 4.79 Å². The first-order valence-electron chi connectivity index (χ1n) is 7.75. The summed E-state index contributed by atoms with van der Waals surface area (Å²) in [5.74, 6) is 0.144. The minimum atomic E-state index is 0.00233. The van der Waals surface area contributed by atoms with Gasteiger partial charge in [0.15, 0.2) is 0 Å². The van der Waals surface area contributed by atoms with E-state index in [1.165, 1.54) is 11.3 Å². The summed E-state index contributed by atoms with van der Waals surface area (Å²) in [6.07, 6.45) is 6.19. The van der Waals surface area contributed by atoms with Crippen LogP contribution in [0.5, 0.6) is 0 Å². The smallest absolute Gasteiger partial charge is 0.226 e. The topological polar surface area (TPSA) is 41.6 Å². The number of para-hydroxylation sites is 1. The lowest BCUT2D eigenvalue weighted by Crippen LogP contribution is -2.39. The van der Waals surface area contributed by atoms with E-state index in [-0.39, 0.29) is 24.0 Å². The molecule has 0 radical (unpaired) electrons. The zero-order chi connectivity index (χ0) is 14.2. The van der Waals surface area contributed by atoms with Gasteiger partial charge in [0, 0.05) is 25.3 Å². The van der Waals surface area contributed by atoms with Crippen LogP contribution in [0, 0.1) is 5.92 Å². The van der Waals surface area contributed by atoms with Crippen molar-refractivity contribution < 1.29 is 9.53 Å². The molecule has 21 heavy (non-hydrogen) atoms. The third-order valence-electron chi connectivity index (χ3n) is 4.73. The van der Waals surface area contributed by atoms with Crippen LogP contribution < -0.4 is 10.2 Å². The maximum atomic E-state index is 12.2. The standard InChI is InChI=1S/C17H20N2O2/c20-17(14-11-13-5-6-16(14)21-13)18-8-10-19-9-7-12-3-1-2-4-15(12)19/h1-6,13-14,16H,7-11H2,(H,18,20)/t13-,14+,16-/m1/s1. The highest BCUT2D eigenvalue weighted by Crippen LogP contribution is 2.33. The second-order valence-corrected chi connectivity index (χ2v) is 6.02. The van der Waals surface area contributed by atoms with E-state index in [0.29, 0.717) is 6.54 Å². The van der Waals surface area contributed by atoms with E-state index < -0.39 is 0 Å². The van der Waals surface area contributed by atoms with Gasteiger partial charge in [0.1, 0.15) is 0 Å². The molecule has 3 aliphatic heterocycles. The first kappa shape index (κ1) is 12.9. The van der Waals surface area contributed by atoms with Gasteiger partial charge in [-0.25, -0.2) is 0 Å². The summed E-state index contributed by atoms with van der Waals surface area (Å²) in [5, 5.41) is 3.07. The molecule has 0 aromatic heterocycles. The van der Waals surface area contributed by atoms with Crippen molar-refractivity contribution in [1.29, 1.82) is 0 Å². The number of hydrogen-bond acceptors (Lipinski definition) is 3. The van der Waals surface area contributed by atoms with Crippen LogP contribution >= 0.6 is 0 Å². The van der Waals surface area contributed by atoms with Crippen LogP contribution in [-0.4, -0.2) is 37.7 Å². The maximum absolute atomic E-state index is 12.2. The van der Waals surface area contributed by atoms with Gasteiger partial charge in [-0.15, -0.1) is 0 Å². The number of carbonyl (C=O) groups excluding carboxylic acids is 1. The van der Waals surface area contributed by atoms with Gasteiger partial charge >= 0.3 is 0 Å². The van der Waals surface area contributed by atoms with Crippen molar-refractivity contribution in [3.05, 3.63) is 42.0 Å². The molecule has 4 heteroatoms. The Bertz CT molecular complexity index is 584. The summed E-state index contributed by atoms with van der Waals surface area (Å²) in [6, 6.07) is 8.52. The quantitative estimate of drug-likeness (QED) is 0.852. The van der Waals surface area contributed by atoms with Gasteiger partial charge in [-0.3, -0.25) is 4.79 Å². The Morgan fingerprint density at radius 3 is 3.05 bits per heavy atom. The summed E-state index contributed by atoms with van der Waals surface area (Å²) < 4.78 is 5.65. The molecule has 1 N–H and O–H groups in total. The van der Waals surface area contributed by atoms with Gasteiger partial charge in [0.05, 0.1) is 18.1 Å². The number of hydrogen-bond donors (Lipinski definition) is 1. The fraction of sp³-hybridized carbons (Fsp3) is 0.471. The maximum Gasteiger partial charge on any atom is 0.226 e. The zero-order valence-corrected chi connectivity index (χ0v) is 12.0. The molecule has 1 aromatic carbocycles. The first-order valence-corrected chi connectivity index (χ1v) is 7.75. The van der Waals surface area contributed by atoms with Gasteiger partial charge < -0.3 is 15.0 Å². The van der Waals surface area contributed by atoms with Crippen LogP contribution in [0.2, 0.25) is 0 Å². The fourth-order valence-corrected chi connectivity index (χ4v) is 3.61. The average Bonchev–Trinajstić information content (AvgIpc) is 3.22. The van der Waals surface area contributed by atoms with Crippen molar-refractivity contribution in [3.8, 4) is 0 Å². The molecule has 110 valence electrons. The number of fused-ring (bicyclic) bond motifs is 3. The molecule has 0 unspecified atom stereocenters. The van der Waals surface area contributed by atoms with Crippen molar-refractivity contribution in [2.75, 3.05) is 24.5 Å².